The van der Waals surface area contributed by atoms with Gasteiger partial charge < -0.3 is 15.0 Å². The van der Waals surface area contributed by atoms with Crippen LogP contribution < -0.4 is 5.23 Å². The van der Waals surface area contributed by atoms with Gasteiger partial charge in [-0.25, -0.2) is 0 Å². The third-order valence-electron chi connectivity index (χ3n) is 1.76. The van der Waals surface area contributed by atoms with Crippen LogP contribution in [0.15, 0.2) is 0 Å². The quantitative estimate of drug-likeness (QED) is 0.336. The zero-order valence-corrected chi connectivity index (χ0v) is 7.92. The average Bonchev–Trinajstić information content (AvgIpc) is 2.03. The molecule has 3 nitrogen and oxygen atoms in total. The number of unbranched alkanes of at least 4 members (excludes halogenated alkanes) is 1. The molecule has 0 heterocycles. The smallest absolute Gasteiger partial charge is 0.373 e. The van der Waals surface area contributed by atoms with Gasteiger partial charge in [0.15, 0.2) is 0 Å². The van der Waals surface area contributed by atoms with Crippen molar-refractivity contribution in [2.75, 3.05) is 6.54 Å². The first-order chi connectivity index (χ1) is 5.66. The molecule has 0 aromatic rings. The molecule has 0 amide bonds. The van der Waals surface area contributed by atoms with Crippen molar-refractivity contribution in [1.82, 2.24) is 5.23 Å². The summed E-state index contributed by atoms with van der Waals surface area (Å²) in [7, 11) is -0.423. The maximum atomic E-state index is 10.2. The van der Waals surface area contributed by atoms with E-state index in [0.717, 1.165) is 32.1 Å². The summed E-state index contributed by atoms with van der Waals surface area (Å²) < 4.78 is 0. The molecule has 0 radical (unpaired) electrons. The largest absolute Gasteiger partial charge is 0.437 e. The Morgan fingerprint density at radius 1 is 1.58 bits per heavy atom. The molecule has 0 aromatic carbocycles. The van der Waals surface area contributed by atoms with E-state index in [-0.39, 0.29) is 5.92 Å². The molecule has 12 heavy (non-hydrogen) atoms. The molecular weight excluding hydrogens is 153 g/mol. The predicted octanol–water partition coefficient (Wildman–Crippen LogP) is 0.692. The fourth-order valence-corrected chi connectivity index (χ4v) is 0.970. The van der Waals surface area contributed by atoms with E-state index >= 15 is 0 Å². The zero-order chi connectivity index (χ0) is 9.40. The lowest BCUT2D eigenvalue weighted by Gasteiger charge is -2.05. The highest BCUT2D eigenvalue weighted by Gasteiger charge is 2.01. The highest BCUT2D eigenvalue weighted by Crippen LogP contribution is 2.03. The van der Waals surface area contributed by atoms with Crippen LogP contribution in [0.3, 0.4) is 0 Å². The van der Waals surface area contributed by atoms with Gasteiger partial charge in [0.05, 0.1) is 0 Å². The fraction of sp³-hybridized carbons (Fsp3) is 0.875. The van der Waals surface area contributed by atoms with Crippen molar-refractivity contribution in [2.45, 2.75) is 33.0 Å². The SMILES string of the molecule is CB(O)NCCCCC(C)C=O. The zero-order valence-electron chi connectivity index (χ0n) is 7.92. The van der Waals surface area contributed by atoms with E-state index in [0.29, 0.717) is 0 Å². The summed E-state index contributed by atoms with van der Waals surface area (Å²) in [6, 6.07) is 0. The Morgan fingerprint density at radius 3 is 2.75 bits per heavy atom. The molecule has 2 N–H and O–H groups in total. The van der Waals surface area contributed by atoms with Gasteiger partial charge in [0.25, 0.3) is 0 Å². The van der Waals surface area contributed by atoms with E-state index in [9.17, 15) is 4.79 Å². The predicted molar refractivity (Wildman–Crippen MR) is 50.9 cm³/mol. The van der Waals surface area contributed by atoms with Crippen LogP contribution in [0.2, 0.25) is 6.82 Å². The van der Waals surface area contributed by atoms with Crippen molar-refractivity contribution in [2.24, 2.45) is 5.92 Å². The second-order valence-electron chi connectivity index (χ2n) is 3.24. The number of rotatable bonds is 7. The van der Waals surface area contributed by atoms with Gasteiger partial charge >= 0.3 is 7.05 Å². The topological polar surface area (TPSA) is 49.3 Å². The van der Waals surface area contributed by atoms with Crippen molar-refractivity contribution >= 4 is 13.3 Å². The Kier molecular flexibility index (Phi) is 7.10. The summed E-state index contributed by atoms with van der Waals surface area (Å²) in [5, 5.41) is 11.7. The standard InChI is InChI=1S/C8H18BNO2/c1-8(7-11)5-3-4-6-10-9(2)12/h7-8,10,12H,3-6H2,1-2H3. The van der Waals surface area contributed by atoms with Gasteiger partial charge in [0.1, 0.15) is 6.29 Å². The number of hydrogen-bond donors (Lipinski definition) is 2. The number of carbonyl (C=O) groups is 1. The Hall–Kier alpha value is -0.345. The Morgan fingerprint density at radius 2 is 2.25 bits per heavy atom. The summed E-state index contributed by atoms with van der Waals surface area (Å²) in [6.45, 7) is 4.45. The molecule has 0 rings (SSSR count). The van der Waals surface area contributed by atoms with Crippen LogP contribution >= 0.6 is 0 Å². The van der Waals surface area contributed by atoms with Gasteiger partial charge in [-0.15, -0.1) is 0 Å². The highest BCUT2D eigenvalue weighted by molar-refractivity contribution is 6.45. The number of aldehydes is 1. The lowest BCUT2D eigenvalue weighted by molar-refractivity contribution is -0.110. The van der Waals surface area contributed by atoms with Crippen molar-refractivity contribution in [3.05, 3.63) is 0 Å². The maximum absolute atomic E-state index is 10.2. The minimum atomic E-state index is -0.423. The molecule has 0 saturated carbocycles. The molecule has 70 valence electrons. The lowest BCUT2D eigenvalue weighted by Crippen LogP contribution is -2.31. The molecule has 0 fully saturated rings. The molecule has 0 bridgehead atoms. The molecule has 0 saturated heterocycles. The first-order valence-electron chi connectivity index (χ1n) is 4.53. The van der Waals surface area contributed by atoms with E-state index in [1.807, 2.05) is 6.92 Å². The van der Waals surface area contributed by atoms with Gasteiger partial charge in [0, 0.05) is 5.92 Å². The molecule has 0 aliphatic rings. The summed E-state index contributed by atoms with van der Waals surface area (Å²) in [5.74, 6) is 0.177. The van der Waals surface area contributed by atoms with Crippen molar-refractivity contribution in [1.29, 1.82) is 0 Å². The first-order valence-corrected chi connectivity index (χ1v) is 4.53. The number of hydrogen-bond acceptors (Lipinski definition) is 3. The van der Waals surface area contributed by atoms with E-state index in [2.05, 4.69) is 5.23 Å². The molecule has 4 heteroatoms. The van der Waals surface area contributed by atoms with Crippen LogP contribution in [-0.2, 0) is 4.79 Å². The molecule has 1 unspecified atom stereocenters. The van der Waals surface area contributed by atoms with E-state index < -0.39 is 7.05 Å². The Bertz CT molecular complexity index is 120. The normalized spacial score (nSPS) is 12.6. The monoisotopic (exact) mass is 171 g/mol. The summed E-state index contributed by atoms with van der Waals surface area (Å²) in [5.41, 5.74) is 0. The summed E-state index contributed by atoms with van der Waals surface area (Å²) >= 11 is 0. The lowest BCUT2D eigenvalue weighted by atomic mass is 9.89. The van der Waals surface area contributed by atoms with Crippen LogP contribution in [-0.4, -0.2) is 24.9 Å². The van der Waals surface area contributed by atoms with Crippen LogP contribution in [0.1, 0.15) is 26.2 Å². The van der Waals surface area contributed by atoms with Crippen LogP contribution in [0.4, 0.5) is 0 Å². The molecule has 0 spiro atoms. The van der Waals surface area contributed by atoms with Crippen molar-refractivity contribution < 1.29 is 9.82 Å². The molecule has 0 aliphatic carbocycles. The van der Waals surface area contributed by atoms with Gasteiger partial charge in [-0.3, -0.25) is 0 Å². The van der Waals surface area contributed by atoms with E-state index in [1.54, 1.807) is 6.82 Å². The molecule has 0 aromatic heterocycles. The second kappa shape index (κ2) is 7.31. The van der Waals surface area contributed by atoms with Crippen LogP contribution in [0.5, 0.6) is 0 Å². The van der Waals surface area contributed by atoms with Gasteiger partial charge in [-0.2, -0.15) is 0 Å². The Balaban J connectivity index is 3.05. The minimum absolute atomic E-state index is 0.177. The summed E-state index contributed by atoms with van der Waals surface area (Å²) in [6.07, 6.45) is 4.00. The fourth-order valence-electron chi connectivity index (χ4n) is 0.970. The van der Waals surface area contributed by atoms with Gasteiger partial charge in [-0.1, -0.05) is 13.3 Å². The van der Waals surface area contributed by atoms with Crippen LogP contribution in [0.25, 0.3) is 0 Å². The third-order valence-corrected chi connectivity index (χ3v) is 1.76. The summed E-state index contributed by atoms with van der Waals surface area (Å²) in [4.78, 5) is 10.2. The number of nitrogens with one attached hydrogen (secondary N) is 1. The third kappa shape index (κ3) is 7.76. The van der Waals surface area contributed by atoms with Crippen molar-refractivity contribution in [3.8, 4) is 0 Å². The second-order valence-corrected chi connectivity index (χ2v) is 3.24. The van der Waals surface area contributed by atoms with E-state index in [1.165, 1.54) is 0 Å². The molecule has 1 atom stereocenters. The van der Waals surface area contributed by atoms with Crippen molar-refractivity contribution in [3.63, 3.8) is 0 Å². The Labute approximate surface area is 74.7 Å². The van der Waals surface area contributed by atoms with Crippen LogP contribution in [0, 0.1) is 5.92 Å². The van der Waals surface area contributed by atoms with E-state index in [4.69, 9.17) is 5.02 Å². The van der Waals surface area contributed by atoms with Gasteiger partial charge in [0.2, 0.25) is 0 Å². The maximum Gasteiger partial charge on any atom is 0.373 e. The first kappa shape index (κ1) is 11.7. The van der Waals surface area contributed by atoms with Gasteiger partial charge in [-0.05, 0) is 26.2 Å². The minimum Gasteiger partial charge on any atom is -0.437 e. The number of carbonyl (C=O) groups excluding carboxylic acids is 1. The highest BCUT2D eigenvalue weighted by atomic mass is 16.2. The molecular formula is C8H18BNO2. The molecule has 0 aliphatic heterocycles. The average molecular weight is 171 g/mol.